The lowest BCUT2D eigenvalue weighted by Gasteiger charge is -2.24. The first kappa shape index (κ1) is 22.3. The number of aromatic nitrogens is 1. The van der Waals surface area contributed by atoms with Crippen molar-refractivity contribution in [3.63, 3.8) is 0 Å². The lowest BCUT2D eigenvalue weighted by Crippen LogP contribution is -2.40. The van der Waals surface area contributed by atoms with Crippen molar-refractivity contribution in [1.82, 2.24) is 4.57 Å². The Kier molecular flexibility index (Phi) is 5.50. The lowest BCUT2D eigenvalue weighted by molar-refractivity contribution is -0.139. The van der Waals surface area contributed by atoms with E-state index in [2.05, 4.69) is 4.99 Å². The summed E-state index contributed by atoms with van der Waals surface area (Å²) in [6, 6.07) is 13.6. The second kappa shape index (κ2) is 8.38. The molecule has 2 aliphatic heterocycles. The molecule has 7 nitrogen and oxygen atoms in total. The number of likely N-dealkylation sites (N-methyl/N-ethyl adjacent to an activating group) is 1. The molecule has 2 aliphatic rings. The third-order valence-electron chi connectivity index (χ3n) is 5.96. The summed E-state index contributed by atoms with van der Waals surface area (Å²) < 4.78 is 7.07. The van der Waals surface area contributed by atoms with Crippen LogP contribution in [0, 0.1) is 0 Å². The van der Waals surface area contributed by atoms with E-state index in [-0.39, 0.29) is 28.2 Å². The number of para-hydroxylation sites is 1. The van der Waals surface area contributed by atoms with Crippen LogP contribution in [-0.4, -0.2) is 30.1 Å². The maximum atomic E-state index is 13.9. The Morgan fingerprint density at radius 2 is 1.85 bits per heavy atom. The molecular formula is C25H20ClN3O4S. The minimum Gasteiger partial charge on any atom is -0.463 e. The van der Waals surface area contributed by atoms with Gasteiger partial charge in [0.1, 0.15) is 4.53 Å². The second-order valence-electron chi connectivity index (χ2n) is 7.93. The number of hydrogen-bond donors (Lipinski definition) is 0. The molecule has 9 heteroatoms. The molecule has 0 saturated heterocycles. The largest absolute Gasteiger partial charge is 0.463 e. The van der Waals surface area contributed by atoms with E-state index < -0.39 is 12.0 Å². The third kappa shape index (κ3) is 3.33. The van der Waals surface area contributed by atoms with Crippen LogP contribution in [0.3, 0.4) is 0 Å². The fraction of sp³-hybridized carbons (Fsp3) is 0.200. The zero-order valence-corrected chi connectivity index (χ0v) is 20.2. The average Bonchev–Trinajstić information content (AvgIpc) is 3.26. The topological polar surface area (TPSA) is 81.0 Å². The molecule has 0 aliphatic carbocycles. The van der Waals surface area contributed by atoms with Gasteiger partial charge >= 0.3 is 5.97 Å². The van der Waals surface area contributed by atoms with Gasteiger partial charge in [-0.2, -0.15) is 0 Å². The van der Waals surface area contributed by atoms with E-state index in [4.69, 9.17) is 16.3 Å². The van der Waals surface area contributed by atoms with Gasteiger partial charge < -0.3 is 9.64 Å². The predicted octanol–water partition coefficient (Wildman–Crippen LogP) is 2.80. The van der Waals surface area contributed by atoms with Gasteiger partial charge in [-0.25, -0.2) is 9.79 Å². The van der Waals surface area contributed by atoms with Crippen LogP contribution in [0.25, 0.3) is 5.57 Å². The second-order valence-corrected chi connectivity index (χ2v) is 9.34. The first-order valence-electron chi connectivity index (χ1n) is 10.7. The number of thiazole rings is 1. The molecule has 0 fully saturated rings. The Labute approximate surface area is 203 Å². The quantitative estimate of drug-likeness (QED) is 0.525. The number of rotatable bonds is 3. The van der Waals surface area contributed by atoms with Crippen molar-refractivity contribution in [3.05, 3.63) is 95.6 Å². The summed E-state index contributed by atoms with van der Waals surface area (Å²) >= 11 is 7.24. The molecular weight excluding hydrogens is 474 g/mol. The molecule has 0 unspecified atom stereocenters. The molecule has 1 atom stereocenters. The SMILES string of the molecule is CCOC(=O)C1=C(C)N=c2s/c(=C3\C(=O)N(C)c4ccccc43)c(=O)n2[C@@H]1c1ccc(Cl)cc1. The van der Waals surface area contributed by atoms with Crippen molar-refractivity contribution >= 4 is 46.1 Å². The summed E-state index contributed by atoms with van der Waals surface area (Å²) in [5, 5.41) is 0.535. The normalized spacial score (nSPS) is 18.5. The van der Waals surface area contributed by atoms with Gasteiger partial charge in [-0.1, -0.05) is 53.3 Å². The smallest absolute Gasteiger partial charge is 0.338 e. The summed E-state index contributed by atoms with van der Waals surface area (Å²) in [6.07, 6.45) is 0. The zero-order chi connectivity index (χ0) is 24.1. The Hall–Kier alpha value is -3.49. The number of halogens is 1. The molecule has 0 radical (unpaired) electrons. The molecule has 172 valence electrons. The monoisotopic (exact) mass is 493 g/mol. The van der Waals surface area contributed by atoms with Crippen molar-refractivity contribution < 1.29 is 14.3 Å². The number of anilines is 1. The Bertz CT molecular complexity index is 1570. The number of carbonyl (C=O) groups excluding carboxylic acids is 2. The number of hydrogen-bond acceptors (Lipinski definition) is 6. The first-order valence-corrected chi connectivity index (χ1v) is 11.9. The van der Waals surface area contributed by atoms with Crippen molar-refractivity contribution in [2.75, 3.05) is 18.6 Å². The molecule has 5 rings (SSSR count). The Morgan fingerprint density at radius 3 is 2.56 bits per heavy atom. The van der Waals surface area contributed by atoms with E-state index in [9.17, 15) is 14.4 Å². The van der Waals surface area contributed by atoms with Crippen molar-refractivity contribution in [1.29, 1.82) is 0 Å². The maximum absolute atomic E-state index is 13.9. The van der Waals surface area contributed by atoms with Gasteiger partial charge in [0.05, 0.1) is 35.2 Å². The minimum absolute atomic E-state index is 0.190. The fourth-order valence-corrected chi connectivity index (χ4v) is 5.65. The van der Waals surface area contributed by atoms with Gasteiger partial charge in [0.2, 0.25) is 0 Å². The van der Waals surface area contributed by atoms with Gasteiger partial charge in [-0.15, -0.1) is 0 Å². The van der Waals surface area contributed by atoms with E-state index in [1.54, 1.807) is 45.2 Å². The number of amides is 1. The van der Waals surface area contributed by atoms with Crippen molar-refractivity contribution in [2.45, 2.75) is 19.9 Å². The average molecular weight is 494 g/mol. The highest BCUT2D eigenvalue weighted by Gasteiger charge is 2.36. The number of ether oxygens (including phenoxy) is 1. The van der Waals surface area contributed by atoms with Crippen LogP contribution >= 0.6 is 22.9 Å². The summed E-state index contributed by atoms with van der Waals surface area (Å²) in [5.74, 6) is -0.792. The number of esters is 1. The number of fused-ring (bicyclic) bond motifs is 2. The summed E-state index contributed by atoms with van der Waals surface area (Å²) in [6.45, 7) is 3.64. The van der Waals surface area contributed by atoms with Gasteiger partial charge in [0.25, 0.3) is 11.5 Å². The van der Waals surface area contributed by atoms with Crippen molar-refractivity contribution in [3.8, 4) is 0 Å². The van der Waals surface area contributed by atoms with Crippen LogP contribution in [-0.2, 0) is 14.3 Å². The highest BCUT2D eigenvalue weighted by molar-refractivity contribution is 7.07. The molecule has 2 aromatic carbocycles. The summed E-state index contributed by atoms with van der Waals surface area (Å²) in [7, 11) is 1.69. The molecule has 0 spiro atoms. The van der Waals surface area contributed by atoms with E-state index in [1.807, 2.05) is 24.3 Å². The Morgan fingerprint density at radius 1 is 1.15 bits per heavy atom. The lowest BCUT2D eigenvalue weighted by atomic mass is 9.96. The standard InChI is InChI=1S/C25H20ClN3O4S/c1-4-33-24(32)18-13(2)27-25-29(20(18)14-9-11-15(26)12-10-14)23(31)21(34-25)19-16-7-5-6-8-17(16)28(3)22(19)30/h5-12,20H,4H2,1-3H3/b21-19-/t20-/m1/s1. The number of nitrogens with zero attached hydrogens (tertiary/aromatic N) is 3. The summed E-state index contributed by atoms with van der Waals surface area (Å²) in [5.41, 5.74) is 2.84. The maximum Gasteiger partial charge on any atom is 0.338 e. The molecule has 0 saturated carbocycles. The van der Waals surface area contributed by atoms with Gasteiger partial charge in [-0.05, 0) is 37.6 Å². The van der Waals surface area contributed by atoms with Crippen LogP contribution in [0.4, 0.5) is 5.69 Å². The van der Waals surface area contributed by atoms with Crippen molar-refractivity contribution in [2.24, 2.45) is 4.99 Å². The van der Waals surface area contributed by atoms with E-state index in [0.29, 0.717) is 32.2 Å². The molecule has 3 aromatic rings. The fourth-order valence-electron chi connectivity index (χ4n) is 4.39. The van der Waals surface area contributed by atoms with E-state index in [1.165, 1.54) is 9.47 Å². The van der Waals surface area contributed by atoms with Crippen LogP contribution in [0.5, 0.6) is 0 Å². The van der Waals surface area contributed by atoms with Gasteiger partial charge in [0.15, 0.2) is 4.80 Å². The highest BCUT2D eigenvalue weighted by Crippen LogP contribution is 2.34. The molecule has 0 bridgehead atoms. The minimum atomic E-state index is -0.758. The zero-order valence-electron chi connectivity index (χ0n) is 18.7. The summed E-state index contributed by atoms with van der Waals surface area (Å²) in [4.78, 5) is 46.5. The van der Waals surface area contributed by atoms with Crippen LogP contribution < -0.4 is 19.8 Å². The van der Waals surface area contributed by atoms with E-state index in [0.717, 1.165) is 17.0 Å². The molecule has 3 heterocycles. The third-order valence-corrected chi connectivity index (χ3v) is 7.26. The number of allylic oxidation sites excluding steroid dienone is 1. The van der Waals surface area contributed by atoms with E-state index >= 15 is 0 Å². The van der Waals surface area contributed by atoms with Crippen LogP contribution in [0.2, 0.25) is 5.02 Å². The van der Waals surface area contributed by atoms with Gasteiger partial charge in [-0.3, -0.25) is 14.2 Å². The molecule has 0 N–H and O–H groups in total. The molecule has 1 aromatic heterocycles. The molecule has 1 amide bonds. The first-order chi connectivity index (χ1) is 16.3. The number of carbonyl (C=O) groups is 2. The van der Waals surface area contributed by atoms with Crippen LogP contribution in [0.1, 0.15) is 31.0 Å². The predicted molar refractivity (Wildman–Crippen MR) is 131 cm³/mol. The molecule has 34 heavy (non-hydrogen) atoms. The highest BCUT2D eigenvalue weighted by atomic mass is 35.5. The number of benzene rings is 2. The Balaban J connectivity index is 1.83. The van der Waals surface area contributed by atoms with Gasteiger partial charge in [0, 0.05) is 17.6 Å². The van der Waals surface area contributed by atoms with Crippen LogP contribution in [0.15, 0.2) is 69.6 Å².